The number of aryl methyl sites for hydroxylation is 1. The highest BCUT2D eigenvalue weighted by Gasteiger charge is 2.17. The van der Waals surface area contributed by atoms with Crippen molar-refractivity contribution in [3.05, 3.63) is 96.1 Å². The van der Waals surface area contributed by atoms with Crippen LogP contribution in [-0.2, 0) is 16.0 Å². The Hall–Kier alpha value is -4.59. The first-order valence-electron chi connectivity index (χ1n) is 16.2. The molecular formula is C38H46O8. The van der Waals surface area contributed by atoms with Gasteiger partial charge in [0.25, 0.3) is 0 Å². The van der Waals surface area contributed by atoms with Gasteiger partial charge in [-0.25, -0.2) is 14.4 Å². The van der Waals surface area contributed by atoms with E-state index in [2.05, 4.69) is 13.5 Å². The molecule has 0 aliphatic carbocycles. The highest BCUT2D eigenvalue weighted by atomic mass is 16.6. The van der Waals surface area contributed by atoms with Crippen LogP contribution in [0.25, 0.3) is 0 Å². The molecule has 8 heteroatoms. The molecule has 0 spiro atoms. The van der Waals surface area contributed by atoms with Crippen molar-refractivity contribution in [2.24, 2.45) is 0 Å². The van der Waals surface area contributed by atoms with E-state index in [-0.39, 0.29) is 17.1 Å². The third kappa shape index (κ3) is 12.8. The van der Waals surface area contributed by atoms with Gasteiger partial charge in [-0.2, -0.15) is 0 Å². The van der Waals surface area contributed by atoms with E-state index in [4.69, 9.17) is 23.7 Å². The number of hydrogen-bond acceptors (Lipinski definition) is 8. The topological polar surface area (TPSA) is 97.4 Å². The molecule has 0 heterocycles. The molecule has 3 aromatic rings. The third-order valence-corrected chi connectivity index (χ3v) is 7.36. The molecule has 0 saturated heterocycles. The molecule has 8 nitrogen and oxygen atoms in total. The average molecular weight is 631 g/mol. The summed E-state index contributed by atoms with van der Waals surface area (Å²) >= 11 is 0. The Morgan fingerprint density at radius 2 is 1.26 bits per heavy atom. The second-order valence-corrected chi connectivity index (χ2v) is 11.0. The Kier molecular flexibility index (Phi) is 15.9. The number of carbonyl (C=O) groups is 3. The quantitative estimate of drug-likeness (QED) is 0.0499. The SMILES string of the molecule is C=CC(=O)OCCCCOc1ccc(C(=O)Oc2ccc(C(=O)Oc3ccc(CCCCCCCCCC)cc3)cc2OC)cc1. The fraction of sp³-hybridized carbons (Fsp3) is 0.395. The van der Waals surface area contributed by atoms with E-state index >= 15 is 0 Å². The van der Waals surface area contributed by atoms with Crippen molar-refractivity contribution >= 4 is 17.9 Å². The lowest BCUT2D eigenvalue weighted by Gasteiger charge is -2.12. The first-order chi connectivity index (χ1) is 22.4. The zero-order chi connectivity index (χ0) is 33.0. The van der Waals surface area contributed by atoms with Crippen molar-refractivity contribution in [1.29, 1.82) is 0 Å². The highest BCUT2D eigenvalue weighted by Crippen LogP contribution is 2.30. The predicted octanol–water partition coefficient (Wildman–Crippen LogP) is 8.71. The summed E-state index contributed by atoms with van der Waals surface area (Å²) < 4.78 is 27.1. The van der Waals surface area contributed by atoms with Crippen LogP contribution in [-0.4, -0.2) is 38.2 Å². The van der Waals surface area contributed by atoms with Gasteiger partial charge < -0.3 is 23.7 Å². The molecule has 0 aliphatic heterocycles. The number of benzene rings is 3. The summed E-state index contributed by atoms with van der Waals surface area (Å²) in [6.07, 6.45) is 13.8. The third-order valence-electron chi connectivity index (χ3n) is 7.36. The van der Waals surface area contributed by atoms with Gasteiger partial charge in [0, 0.05) is 6.08 Å². The summed E-state index contributed by atoms with van der Waals surface area (Å²) in [5.74, 6) is -0.121. The smallest absolute Gasteiger partial charge is 0.343 e. The number of hydrogen-bond donors (Lipinski definition) is 0. The maximum atomic E-state index is 12.8. The van der Waals surface area contributed by atoms with E-state index in [1.54, 1.807) is 24.3 Å². The zero-order valence-electron chi connectivity index (χ0n) is 27.1. The average Bonchev–Trinajstić information content (AvgIpc) is 3.08. The van der Waals surface area contributed by atoms with Gasteiger partial charge >= 0.3 is 17.9 Å². The van der Waals surface area contributed by atoms with Crippen LogP contribution in [0.2, 0.25) is 0 Å². The highest BCUT2D eigenvalue weighted by molar-refractivity contribution is 5.93. The molecule has 46 heavy (non-hydrogen) atoms. The minimum absolute atomic E-state index is 0.173. The fourth-order valence-electron chi connectivity index (χ4n) is 4.70. The van der Waals surface area contributed by atoms with E-state index in [0.717, 1.165) is 18.9 Å². The normalized spacial score (nSPS) is 10.6. The van der Waals surface area contributed by atoms with Crippen molar-refractivity contribution in [3.8, 4) is 23.0 Å². The van der Waals surface area contributed by atoms with Crippen LogP contribution in [0.5, 0.6) is 23.0 Å². The van der Waals surface area contributed by atoms with E-state index in [1.807, 2.05) is 24.3 Å². The lowest BCUT2D eigenvalue weighted by molar-refractivity contribution is -0.137. The maximum absolute atomic E-state index is 12.8. The molecule has 0 aromatic heterocycles. The van der Waals surface area contributed by atoms with Gasteiger partial charge in [-0.05, 0) is 85.8 Å². The number of unbranched alkanes of at least 4 members (excludes halogenated alkanes) is 8. The maximum Gasteiger partial charge on any atom is 0.343 e. The largest absolute Gasteiger partial charge is 0.494 e. The second-order valence-electron chi connectivity index (χ2n) is 11.0. The minimum atomic E-state index is -0.587. The molecule has 0 saturated carbocycles. The summed E-state index contributed by atoms with van der Waals surface area (Å²) in [4.78, 5) is 36.7. The number of rotatable bonds is 21. The number of carbonyl (C=O) groups excluding carboxylic acids is 3. The summed E-state index contributed by atoms with van der Waals surface area (Å²) in [5.41, 5.74) is 1.81. The van der Waals surface area contributed by atoms with Crippen LogP contribution in [0, 0.1) is 0 Å². The predicted molar refractivity (Wildman–Crippen MR) is 178 cm³/mol. The van der Waals surface area contributed by atoms with Crippen molar-refractivity contribution in [3.63, 3.8) is 0 Å². The molecule has 0 N–H and O–H groups in total. The van der Waals surface area contributed by atoms with Crippen LogP contribution in [0.4, 0.5) is 0 Å². The summed E-state index contributed by atoms with van der Waals surface area (Å²) in [7, 11) is 1.43. The first kappa shape index (κ1) is 35.9. The molecular weight excluding hydrogens is 584 g/mol. The van der Waals surface area contributed by atoms with Crippen molar-refractivity contribution in [1.82, 2.24) is 0 Å². The summed E-state index contributed by atoms with van der Waals surface area (Å²) in [6.45, 7) is 6.33. The Morgan fingerprint density at radius 1 is 0.652 bits per heavy atom. The summed E-state index contributed by atoms with van der Waals surface area (Å²) in [5, 5.41) is 0. The van der Waals surface area contributed by atoms with E-state index < -0.39 is 17.9 Å². The molecule has 0 amide bonds. The monoisotopic (exact) mass is 630 g/mol. The van der Waals surface area contributed by atoms with Gasteiger partial charge in [0.2, 0.25) is 0 Å². The summed E-state index contributed by atoms with van der Waals surface area (Å²) in [6, 6.07) is 18.7. The standard InChI is InChI=1S/C38H46O8/c1-4-6-7-8-9-10-11-12-15-29-16-21-33(22-17-29)45-38(41)31-20-25-34(35(28-31)42-3)46-37(40)30-18-23-32(24-19-30)43-26-13-14-27-44-36(39)5-2/h5,16-25,28H,2,4,6-15,26-27H2,1,3H3. The molecule has 0 unspecified atom stereocenters. The second kappa shape index (κ2) is 20.4. The zero-order valence-corrected chi connectivity index (χ0v) is 27.1. The lowest BCUT2D eigenvalue weighted by atomic mass is 10.0. The molecule has 0 fully saturated rings. The first-order valence-corrected chi connectivity index (χ1v) is 16.2. The Morgan fingerprint density at radius 3 is 1.93 bits per heavy atom. The van der Waals surface area contributed by atoms with Gasteiger partial charge in [-0.3, -0.25) is 0 Å². The van der Waals surface area contributed by atoms with Crippen LogP contribution in [0.3, 0.4) is 0 Å². The van der Waals surface area contributed by atoms with Crippen LogP contribution < -0.4 is 18.9 Å². The van der Waals surface area contributed by atoms with Gasteiger partial charge in [0.05, 0.1) is 31.5 Å². The molecule has 0 aliphatic rings. The van der Waals surface area contributed by atoms with Crippen LogP contribution in [0.1, 0.15) is 97.4 Å². The van der Waals surface area contributed by atoms with E-state index in [1.165, 1.54) is 75.8 Å². The van der Waals surface area contributed by atoms with Crippen molar-refractivity contribution < 1.29 is 38.1 Å². The molecule has 246 valence electrons. The van der Waals surface area contributed by atoms with Crippen LogP contribution in [0.15, 0.2) is 79.4 Å². The van der Waals surface area contributed by atoms with Crippen LogP contribution >= 0.6 is 0 Å². The van der Waals surface area contributed by atoms with Gasteiger partial charge in [0.15, 0.2) is 11.5 Å². The molecule has 3 rings (SSSR count). The van der Waals surface area contributed by atoms with Gasteiger partial charge in [-0.1, -0.05) is 70.6 Å². The van der Waals surface area contributed by atoms with Crippen molar-refractivity contribution in [2.75, 3.05) is 20.3 Å². The lowest BCUT2D eigenvalue weighted by Crippen LogP contribution is -2.11. The Labute approximate surface area is 272 Å². The fourth-order valence-corrected chi connectivity index (χ4v) is 4.70. The van der Waals surface area contributed by atoms with Gasteiger partial charge in [-0.15, -0.1) is 0 Å². The van der Waals surface area contributed by atoms with E-state index in [9.17, 15) is 14.4 Å². The molecule has 0 atom stereocenters. The molecule has 0 radical (unpaired) electrons. The minimum Gasteiger partial charge on any atom is -0.494 e. The number of methoxy groups -OCH3 is 1. The Bertz CT molecular complexity index is 1380. The van der Waals surface area contributed by atoms with E-state index in [0.29, 0.717) is 43.1 Å². The van der Waals surface area contributed by atoms with Gasteiger partial charge in [0.1, 0.15) is 11.5 Å². The van der Waals surface area contributed by atoms with Crippen molar-refractivity contribution in [2.45, 2.75) is 77.6 Å². The molecule has 0 bridgehead atoms. The Balaban J connectivity index is 1.44. The number of ether oxygens (including phenoxy) is 5. The molecule has 3 aromatic carbocycles. The number of esters is 3.